The van der Waals surface area contributed by atoms with Gasteiger partial charge in [-0.2, -0.15) is 0 Å². The lowest BCUT2D eigenvalue weighted by molar-refractivity contribution is 0.389. The summed E-state index contributed by atoms with van der Waals surface area (Å²) in [5, 5.41) is 7.75. The van der Waals surface area contributed by atoms with E-state index in [-0.39, 0.29) is 0 Å². The van der Waals surface area contributed by atoms with Gasteiger partial charge >= 0.3 is 0 Å². The average molecular weight is 280 g/mol. The summed E-state index contributed by atoms with van der Waals surface area (Å²) in [5.74, 6) is 0.955. The number of hydrogen-bond acceptors (Lipinski definition) is 3. The lowest BCUT2D eigenvalue weighted by Gasteiger charge is -2.18. The molecule has 1 rings (SSSR count). The molecule has 1 aromatic rings. The Kier molecular flexibility index (Phi) is 8.59. The predicted molar refractivity (Wildman–Crippen MR) is 84.9 cm³/mol. The Labute approximate surface area is 124 Å². The molecule has 1 N–H and O–H groups in total. The van der Waals surface area contributed by atoms with Gasteiger partial charge < -0.3 is 9.84 Å². The van der Waals surface area contributed by atoms with Gasteiger partial charge in [0.2, 0.25) is 0 Å². The summed E-state index contributed by atoms with van der Waals surface area (Å²) in [6, 6.07) is 0.641. The van der Waals surface area contributed by atoms with Crippen LogP contribution in [0.15, 0.2) is 4.52 Å². The summed E-state index contributed by atoms with van der Waals surface area (Å²) in [6.45, 7) is 9.45. The smallest absolute Gasteiger partial charge is 0.138 e. The first-order chi connectivity index (χ1) is 9.69. The molecular formula is C17H32N2O. The van der Waals surface area contributed by atoms with Gasteiger partial charge in [0, 0.05) is 18.2 Å². The van der Waals surface area contributed by atoms with Crippen LogP contribution in [0.4, 0.5) is 0 Å². The van der Waals surface area contributed by atoms with E-state index in [1.54, 1.807) is 0 Å². The minimum Gasteiger partial charge on any atom is -0.361 e. The van der Waals surface area contributed by atoms with Crippen molar-refractivity contribution >= 4 is 0 Å². The molecule has 0 radical (unpaired) electrons. The molecule has 0 unspecified atom stereocenters. The molecule has 3 nitrogen and oxygen atoms in total. The van der Waals surface area contributed by atoms with Crippen molar-refractivity contribution in [2.24, 2.45) is 0 Å². The third kappa shape index (κ3) is 6.08. The molecule has 0 saturated heterocycles. The largest absolute Gasteiger partial charge is 0.361 e. The molecule has 1 aromatic heterocycles. The van der Waals surface area contributed by atoms with Crippen molar-refractivity contribution in [2.75, 3.05) is 0 Å². The number of hydrogen-bond donors (Lipinski definition) is 1. The molecule has 0 aromatic carbocycles. The van der Waals surface area contributed by atoms with Crippen LogP contribution in [-0.4, -0.2) is 11.2 Å². The van der Waals surface area contributed by atoms with Crippen molar-refractivity contribution < 1.29 is 4.52 Å². The number of nitrogens with zero attached hydrogens (tertiary/aromatic N) is 1. The van der Waals surface area contributed by atoms with Gasteiger partial charge in [0.25, 0.3) is 0 Å². The Bertz CT molecular complexity index is 330. The fraction of sp³-hybridized carbons (Fsp3) is 0.824. The Hall–Kier alpha value is -0.830. The van der Waals surface area contributed by atoms with Gasteiger partial charge in [-0.15, -0.1) is 0 Å². The first-order valence-electron chi connectivity index (χ1n) is 8.34. The molecule has 3 heteroatoms. The van der Waals surface area contributed by atoms with Crippen LogP contribution in [-0.2, 0) is 6.54 Å². The van der Waals surface area contributed by atoms with E-state index in [1.165, 1.54) is 56.9 Å². The minimum atomic E-state index is 0.641. The fourth-order valence-corrected chi connectivity index (χ4v) is 2.63. The van der Waals surface area contributed by atoms with Crippen LogP contribution in [0, 0.1) is 13.8 Å². The zero-order valence-corrected chi connectivity index (χ0v) is 13.8. The maximum absolute atomic E-state index is 5.23. The van der Waals surface area contributed by atoms with Crippen LogP contribution >= 0.6 is 0 Å². The van der Waals surface area contributed by atoms with Gasteiger partial charge in [-0.25, -0.2) is 0 Å². The quantitative estimate of drug-likeness (QED) is 0.585. The highest BCUT2D eigenvalue weighted by Crippen LogP contribution is 2.15. The summed E-state index contributed by atoms with van der Waals surface area (Å²) in [4.78, 5) is 0. The van der Waals surface area contributed by atoms with Crippen molar-refractivity contribution in [1.29, 1.82) is 0 Å². The third-order valence-electron chi connectivity index (χ3n) is 4.06. The second-order valence-electron chi connectivity index (χ2n) is 5.87. The second-order valence-corrected chi connectivity index (χ2v) is 5.87. The maximum atomic E-state index is 5.23. The van der Waals surface area contributed by atoms with Crippen molar-refractivity contribution in [2.45, 2.75) is 91.6 Å². The fourth-order valence-electron chi connectivity index (χ4n) is 2.63. The SMILES string of the molecule is CCCCCC(CCCCC)NCc1c(C)noc1C. The van der Waals surface area contributed by atoms with E-state index in [2.05, 4.69) is 24.3 Å². The molecule has 0 fully saturated rings. The zero-order chi connectivity index (χ0) is 14.8. The lowest BCUT2D eigenvalue weighted by Crippen LogP contribution is -2.29. The number of rotatable bonds is 11. The van der Waals surface area contributed by atoms with Gasteiger partial charge in [-0.3, -0.25) is 0 Å². The first-order valence-corrected chi connectivity index (χ1v) is 8.34. The minimum absolute atomic E-state index is 0.641. The molecule has 0 aliphatic heterocycles. The van der Waals surface area contributed by atoms with E-state index in [4.69, 9.17) is 4.52 Å². The lowest BCUT2D eigenvalue weighted by atomic mass is 10.0. The summed E-state index contributed by atoms with van der Waals surface area (Å²) < 4.78 is 5.23. The molecule has 0 spiro atoms. The molecule has 116 valence electrons. The highest BCUT2D eigenvalue weighted by molar-refractivity contribution is 5.20. The van der Waals surface area contributed by atoms with Gasteiger partial charge in [0.1, 0.15) is 5.76 Å². The number of nitrogens with one attached hydrogen (secondary N) is 1. The molecule has 0 aliphatic carbocycles. The highest BCUT2D eigenvalue weighted by Gasteiger charge is 2.12. The van der Waals surface area contributed by atoms with E-state index >= 15 is 0 Å². The summed E-state index contributed by atoms with van der Waals surface area (Å²) in [6.07, 6.45) is 10.5. The van der Waals surface area contributed by atoms with Crippen molar-refractivity contribution in [1.82, 2.24) is 10.5 Å². The number of aryl methyl sites for hydroxylation is 2. The Morgan fingerprint density at radius 1 is 1.00 bits per heavy atom. The summed E-state index contributed by atoms with van der Waals surface area (Å²) in [7, 11) is 0. The summed E-state index contributed by atoms with van der Waals surface area (Å²) >= 11 is 0. The van der Waals surface area contributed by atoms with Crippen LogP contribution in [0.2, 0.25) is 0 Å². The van der Waals surface area contributed by atoms with Crippen molar-refractivity contribution in [3.8, 4) is 0 Å². The molecule has 0 atom stereocenters. The topological polar surface area (TPSA) is 38.1 Å². The second kappa shape index (κ2) is 9.98. The van der Waals surface area contributed by atoms with Crippen molar-refractivity contribution in [3.05, 3.63) is 17.0 Å². The van der Waals surface area contributed by atoms with E-state index in [0.717, 1.165) is 18.0 Å². The zero-order valence-electron chi connectivity index (χ0n) is 13.8. The van der Waals surface area contributed by atoms with Crippen LogP contribution in [0.25, 0.3) is 0 Å². The Balaban J connectivity index is 2.41. The Morgan fingerprint density at radius 2 is 1.60 bits per heavy atom. The molecule has 0 bridgehead atoms. The van der Waals surface area contributed by atoms with Gasteiger partial charge in [0.05, 0.1) is 5.69 Å². The third-order valence-corrected chi connectivity index (χ3v) is 4.06. The summed E-state index contributed by atoms with van der Waals surface area (Å²) in [5.41, 5.74) is 2.26. The maximum Gasteiger partial charge on any atom is 0.138 e. The van der Waals surface area contributed by atoms with Gasteiger partial charge in [-0.1, -0.05) is 57.5 Å². The highest BCUT2D eigenvalue weighted by atomic mass is 16.5. The van der Waals surface area contributed by atoms with Gasteiger partial charge in [-0.05, 0) is 26.7 Å². The molecule has 0 saturated carbocycles. The standard InChI is InChI=1S/C17H32N2O/c1-5-7-9-11-16(12-10-8-6-2)18-13-17-14(3)19-20-15(17)4/h16,18H,5-13H2,1-4H3. The first kappa shape index (κ1) is 17.2. The van der Waals surface area contributed by atoms with E-state index in [0.29, 0.717) is 6.04 Å². The number of aromatic nitrogens is 1. The number of unbranched alkanes of at least 4 members (excludes halogenated alkanes) is 4. The molecular weight excluding hydrogens is 248 g/mol. The van der Waals surface area contributed by atoms with Crippen LogP contribution in [0.1, 0.15) is 82.2 Å². The predicted octanol–water partition coefficient (Wildman–Crippen LogP) is 4.91. The van der Waals surface area contributed by atoms with Crippen LogP contribution in [0.3, 0.4) is 0 Å². The van der Waals surface area contributed by atoms with Crippen LogP contribution in [0.5, 0.6) is 0 Å². The molecule has 20 heavy (non-hydrogen) atoms. The van der Waals surface area contributed by atoms with Gasteiger partial charge in [0.15, 0.2) is 0 Å². The average Bonchev–Trinajstić information content (AvgIpc) is 2.75. The van der Waals surface area contributed by atoms with Crippen LogP contribution < -0.4 is 5.32 Å². The van der Waals surface area contributed by atoms with Crippen molar-refractivity contribution in [3.63, 3.8) is 0 Å². The van der Waals surface area contributed by atoms with E-state index in [1.807, 2.05) is 13.8 Å². The Morgan fingerprint density at radius 3 is 2.05 bits per heavy atom. The molecule has 1 heterocycles. The van der Waals surface area contributed by atoms with E-state index in [9.17, 15) is 0 Å². The van der Waals surface area contributed by atoms with E-state index < -0.39 is 0 Å². The normalized spacial score (nSPS) is 11.4. The molecule has 0 aliphatic rings. The molecule has 0 amide bonds. The monoisotopic (exact) mass is 280 g/mol.